The van der Waals surface area contributed by atoms with Crippen LogP contribution >= 0.6 is 0 Å². The Labute approximate surface area is 104 Å². The van der Waals surface area contributed by atoms with Gasteiger partial charge >= 0.3 is 0 Å². The molecule has 1 aliphatic heterocycles. The van der Waals surface area contributed by atoms with Crippen LogP contribution in [-0.4, -0.2) is 38.8 Å². The minimum atomic E-state index is -2.97. The number of benzene rings is 1. The van der Waals surface area contributed by atoms with Gasteiger partial charge in [0.25, 0.3) is 5.92 Å². The van der Waals surface area contributed by atoms with Crippen LogP contribution < -0.4 is 4.74 Å². The highest BCUT2D eigenvalue weighted by molar-refractivity contribution is 5.31. The quantitative estimate of drug-likeness (QED) is 0.827. The molecule has 1 saturated heterocycles. The Morgan fingerprint density at radius 1 is 1.33 bits per heavy atom. The molecule has 2 rings (SSSR count). The zero-order chi connectivity index (χ0) is 13.0. The first kappa shape index (κ1) is 13.2. The molecular weight excluding hydrogens is 244 g/mol. The van der Waals surface area contributed by atoms with Crippen LogP contribution in [0.1, 0.15) is 5.56 Å². The molecule has 0 spiro atoms. The average Bonchev–Trinajstić information content (AvgIpc) is 2.39. The topological polar surface area (TPSA) is 30.9 Å². The second-order valence-electron chi connectivity index (χ2n) is 4.05. The average molecular weight is 259 g/mol. The molecular formula is C12H15F2NO3. The SMILES string of the molecule is COc1cccc(C(F)(F)CN2COCOC2)c1. The predicted octanol–water partition coefficient (Wildman–Crippen LogP) is 2.01. The van der Waals surface area contributed by atoms with Crippen LogP contribution in [0.15, 0.2) is 24.3 Å². The highest BCUT2D eigenvalue weighted by Gasteiger charge is 2.35. The van der Waals surface area contributed by atoms with E-state index in [0.717, 1.165) is 0 Å². The van der Waals surface area contributed by atoms with Gasteiger partial charge in [0.05, 0.1) is 13.7 Å². The van der Waals surface area contributed by atoms with Crippen molar-refractivity contribution in [3.63, 3.8) is 0 Å². The van der Waals surface area contributed by atoms with Gasteiger partial charge in [-0.3, -0.25) is 4.90 Å². The van der Waals surface area contributed by atoms with Crippen LogP contribution in [-0.2, 0) is 15.4 Å². The molecule has 100 valence electrons. The van der Waals surface area contributed by atoms with E-state index in [1.165, 1.54) is 24.1 Å². The predicted molar refractivity (Wildman–Crippen MR) is 60.4 cm³/mol. The van der Waals surface area contributed by atoms with Crippen molar-refractivity contribution < 1.29 is 23.0 Å². The monoisotopic (exact) mass is 259 g/mol. The van der Waals surface area contributed by atoms with Crippen molar-refractivity contribution in [3.05, 3.63) is 29.8 Å². The van der Waals surface area contributed by atoms with Gasteiger partial charge < -0.3 is 14.2 Å². The minimum absolute atomic E-state index is 0.0765. The van der Waals surface area contributed by atoms with Gasteiger partial charge in [0.2, 0.25) is 0 Å². The Hall–Kier alpha value is -1.24. The lowest BCUT2D eigenvalue weighted by atomic mass is 10.1. The largest absolute Gasteiger partial charge is 0.497 e. The Balaban J connectivity index is 2.08. The molecule has 0 aliphatic carbocycles. The van der Waals surface area contributed by atoms with E-state index < -0.39 is 12.5 Å². The van der Waals surface area contributed by atoms with Gasteiger partial charge in [0.1, 0.15) is 26.0 Å². The van der Waals surface area contributed by atoms with Gasteiger partial charge in [-0.15, -0.1) is 0 Å². The molecule has 0 saturated carbocycles. The lowest BCUT2D eigenvalue weighted by molar-refractivity contribution is -0.202. The molecule has 4 nitrogen and oxygen atoms in total. The Morgan fingerprint density at radius 3 is 2.72 bits per heavy atom. The number of alkyl halides is 2. The van der Waals surface area contributed by atoms with E-state index in [0.29, 0.717) is 5.75 Å². The summed E-state index contributed by atoms with van der Waals surface area (Å²) < 4.78 is 42.9. The van der Waals surface area contributed by atoms with Crippen molar-refractivity contribution in [2.24, 2.45) is 0 Å². The molecule has 0 atom stereocenters. The van der Waals surface area contributed by atoms with Crippen molar-refractivity contribution in [2.45, 2.75) is 5.92 Å². The molecule has 18 heavy (non-hydrogen) atoms. The van der Waals surface area contributed by atoms with Gasteiger partial charge in [-0.05, 0) is 12.1 Å². The molecule has 6 heteroatoms. The maximum Gasteiger partial charge on any atom is 0.285 e. The summed E-state index contributed by atoms with van der Waals surface area (Å²) in [6.07, 6.45) is 0. The third-order valence-corrected chi connectivity index (χ3v) is 2.63. The zero-order valence-corrected chi connectivity index (χ0v) is 10.1. The Morgan fingerprint density at radius 2 is 2.06 bits per heavy atom. The Kier molecular flexibility index (Phi) is 4.11. The van der Waals surface area contributed by atoms with Crippen molar-refractivity contribution in [1.82, 2.24) is 4.90 Å². The van der Waals surface area contributed by atoms with E-state index in [1.807, 2.05) is 0 Å². The number of halogens is 2. The van der Waals surface area contributed by atoms with Crippen LogP contribution in [0.25, 0.3) is 0 Å². The molecule has 1 aromatic rings. The maximum absolute atomic E-state index is 14.0. The van der Waals surface area contributed by atoms with E-state index in [4.69, 9.17) is 14.2 Å². The van der Waals surface area contributed by atoms with Gasteiger partial charge in [0.15, 0.2) is 0 Å². The van der Waals surface area contributed by atoms with Crippen LogP contribution in [0.4, 0.5) is 8.78 Å². The van der Waals surface area contributed by atoms with Gasteiger partial charge in [0, 0.05) is 5.56 Å². The molecule has 1 aromatic carbocycles. The molecule has 0 amide bonds. The second kappa shape index (κ2) is 5.60. The molecule has 0 N–H and O–H groups in total. The number of hydrogen-bond acceptors (Lipinski definition) is 4. The zero-order valence-electron chi connectivity index (χ0n) is 10.1. The Bertz CT molecular complexity index is 395. The van der Waals surface area contributed by atoms with Crippen molar-refractivity contribution >= 4 is 0 Å². The third-order valence-electron chi connectivity index (χ3n) is 2.63. The normalized spacial score (nSPS) is 17.7. The second-order valence-corrected chi connectivity index (χ2v) is 4.05. The summed E-state index contributed by atoms with van der Waals surface area (Å²) in [7, 11) is 1.45. The van der Waals surface area contributed by atoms with Crippen LogP contribution in [0.3, 0.4) is 0 Å². The van der Waals surface area contributed by atoms with E-state index in [2.05, 4.69) is 0 Å². The summed E-state index contributed by atoms with van der Waals surface area (Å²) in [5, 5.41) is 0. The van der Waals surface area contributed by atoms with Crippen molar-refractivity contribution in [1.29, 1.82) is 0 Å². The summed E-state index contributed by atoms with van der Waals surface area (Å²) in [6.45, 7) is 0.0144. The summed E-state index contributed by atoms with van der Waals surface area (Å²) in [5.41, 5.74) is -0.0765. The fourth-order valence-electron chi connectivity index (χ4n) is 1.74. The van der Waals surface area contributed by atoms with E-state index >= 15 is 0 Å². The standard InChI is InChI=1S/C12H15F2NO3/c1-16-11-4-2-3-10(5-11)12(13,14)6-15-7-17-9-18-8-15/h2-5H,6-9H2,1H3. The number of rotatable bonds is 4. The molecule has 1 aliphatic rings. The van der Waals surface area contributed by atoms with Gasteiger partial charge in [-0.25, -0.2) is 0 Å². The lowest BCUT2D eigenvalue weighted by Crippen LogP contribution is -2.41. The van der Waals surface area contributed by atoms with E-state index in [1.54, 1.807) is 12.1 Å². The molecule has 1 heterocycles. The van der Waals surface area contributed by atoms with E-state index in [-0.39, 0.29) is 25.8 Å². The van der Waals surface area contributed by atoms with Crippen LogP contribution in [0, 0.1) is 0 Å². The fraction of sp³-hybridized carbons (Fsp3) is 0.500. The highest BCUT2D eigenvalue weighted by Crippen LogP contribution is 2.31. The number of hydrogen-bond donors (Lipinski definition) is 0. The van der Waals surface area contributed by atoms with Crippen molar-refractivity contribution in [2.75, 3.05) is 33.9 Å². The first-order chi connectivity index (χ1) is 8.62. The molecule has 0 bridgehead atoms. The molecule has 0 aromatic heterocycles. The first-order valence-electron chi connectivity index (χ1n) is 5.52. The van der Waals surface area contributed by atoms with Crippen LogP contribution in [0.2, 0.25) is 0 Å². The summed E-state index contributed by atoms with van der Waals surface area (Å²) in [6, 6.07) is 5.90. The fourth-order valence-corrected chi connectivity index (χ4v) is 1.74. The third kappa shape index (κ3) is 3.16. The van der Waals surface area contributed by atoms with Crippen LogP contribution in [0.5, 0.6) is 5.75 Å². The van der Waals surface area contributed by atoms with Gasteiger partial charge in [-0.2, -0.15) is 8.78 Å². The molecule has 0 radical (unpaired) electrons. The summed E-state index contributed by atoms with van der Waals surface area (Å²) in [5.74, 6) is -2.56. The number of nitrogens with zero attached hydrogens (tertiary/aromatic N) is 1. The summed E-state index contributed by atoms with van der Waals surface area (Å²) in [4.78, 5) is 1.41. The smallest absolute Gasteiger partial charge is 0.285 e. The lowest BCUT2D eigenvalue weighted by Gasteiger charge is -2.30. The van der Waals surface area contributed by atoms with Crippen molar-refractivity contribution in [3.8, 4) is 5.75 Å². The minimum Gasteiger partial charge on any atom is -0.497 e. The number of ether oxygens (including phenoxy) is 3. The van der Waals surface area contributed by atoms with E-state index in [9.17, 15) is 8.78 Å². The number of methoxy groups -OCH3 is 1. The van der Waals surface area contributed by atoms with Gasteiger partial charge in [-0.1, -0.05) is 12.1 Å². The maximum atomic E-state index is 14.0. The highest BCUT2D eigenvalue weighted by atomic mass is 19.3. The molecule has 0 unspecified atom stereocenters. The molecule has 1 fully saturated rings. The summed E-state index contributed by atoms with van der Waals surface area (Å²) >= 11 is 0. The first-order valence-corrected chi connectivity index (χ1v) is 5.52.